The van der Waals surface area contributed by atoms with E-state index in [1.54, 1.807) is 0 Å². The van der Waals surface area contributed by atoms with Gasteiger partial charge in [-0.15, -0.1) is 0 Å². The van der Waals surface area contributed by atoms with Crippen molar-refractivity contribution in [1.29, 1.82) is 0 Å². The van der Waals surface area contributed by atoms with Gasteiger partial charge in [-0.3, -0.25) is 0 Å². The van der Waals surface area contributed by atoms with Crippen molar-refractivity contribution in [3.8, 4) is 0 Å². The summed E-state index contributed by atoms with van der Waals surface area (Å²) in [6, 6.07) is 0. The molecule has 1 nitrogen and oxygen atoms in total. The Kier molecular flexibility index (Phi) is 41.5. The molecule has 0 aromatic rings. The molecule has 0 saturated heterocycles. The highest BCUT2D eigenvalue weighted by molar-refractivity contribution is 4.73. The zero-order valence-electron chi connectivity index (χ0n) is 29.1. The minimum Gasteiger partial charge on any atom is -0.330 e. The molecule has 0 aliphatic rings. The smallest absolute Gasteiger partial charge is 0.00515 e. The number of nitrogens with two attached hydrogens (primary N) is 1. The van der Waals surface area contributed by atoms with Gasteiger partial charge in [0.2, 0.25) is 0 Å². The highest BCUT2D eigenvalue weighted by Gasteiger charge is 2.17. The molecule has 224 valence electrons. The van der Waals surface area contributed by atoms with Gasteiger partial charge in [-0.2, -0.15) is 0 Å². The van der Waals surface area contributed by atoms with Crippen LogP contribution in [0, 0.1) is 40.9 Å². The molecule has 0 saturated carbocycles. The van der Waals surface area contributed by atoms with Crippen molar-refractivity contribution in [3.63, 3.8) is 0 Å². The Hall–Kier alpha value is -0.300. The van der Waals surface area contributed by atoms with E-state index >= 15 is 0 Å². The highest BCUT2D eigenvalue weighted by Crippen LogP contribution is 2.29. The minimum atomic E-state index is 0.506. The van der Waals surface area contributed by atoms with E-state index in [0.717, 1.165) is 42.6 Å². The number of hydrogen-bond acceptors (Lipinski definition) is 1. The second kappa shape index (κ2) is 32.7. The average Bonchev–Trinajstić information content (AvgIpc) is 2.82. The summed E-state index contributed by atoms with van der Waals surface area (Å²) in [4.78, 5) is 0. The van der Waals surface area contributed by atoms with Crippen LogP contribution in [0.3, 0.4) is 0 Å². The van der Waals surface area contributed by atoms with Crippen LogP contribution in [0.1, 0.15) is 169 Å². The lowest BCUT2D eigenvalue weighted by Gasteiger charge is -2.25. The van der Waals surface area contributed by atoms with Crippen LogP contribution < -0.4 is 5.73 Å². The van der Waals surface area contributed by atoms with Crippen LogP contribution in [0.15, 0.2) is 12.2 Å². The van der Waals surface area contributed by atoms with E-state index in [4.69, 9.17) is 5.73 Å². The fraction of sp³-hybridized carbons (Fsp3) is 0.943. The molecule has 0 aromatic carbocycles. The summed E-state index contributed by atoms with van der Waals surface area (Å²) in [5, 5.41) is 0. The Morgan fingerprint density at radius 2 is 1.11 bits per heavy atom. The summed E-state index contributed by atoms with van der Waals surface area (Å²) < 4.78 is 0. The first-order valence-electron chi connectivity index (χ1n) is 15.9. The predicted molar refractivity (Wildman–Crippen MR) is 175 cm³/mol. The Morgan fingerprint density at radius 1 is 0.667 bits per heavy atom. The molecule has 0 aromatic heterocycles. The van der Waals surface area contributed by atoms with E-state index in [9.17, 15) is 0 Å². The van der Waals surface area contributed by atoms with Gasteiger partial charge in [0.25, 0.3) is 0 Å². The lowest BCUT2D eigenvalue weighted by atomic mass is 9.81. The van der Waals surface area contributed by atoms with Crippen LogP contribution >= 0.6 is 0 Å². The number of allylic oxidation sites excluding steroid dienone is 2. The summed E-state index contributed by atoms with van der Waals surface area (Å²) in [5.41, 5.74) is 6.01. The van der Waals surface area contributed by atoms with Gasteiger partial charge in [0.05, 0.1) is 0 Å². The van der Waals surface area contributed by atoms with Crippen LogP contribution in [0.25, 0.3) is 0 Å². The first kappa shape index (κ1) is 45.6. The van der Waals surface area contributed by atoms with Crippen molar-refractivity contribution in [1.82, 2.24) is 0 Å². The molecule has 0 rings (SSSR count). The lowest BCUT2D eigenvalue weighted by molar-refractivity contribution is 0.260. The van der Waals surface area contributed by atoms with Crippen LogP contribution in [-0.2, 0) is 0 Å². The summed E-state index contributed by atoms with van der Waals surface area (Å²) in [5.74, 6) is 5.11. The van der Waals surface area contributed by atoms with Gasteiger partial charge >= 0.3 is 0 Å². The molecule has 0 radical (unpaired) electrons. The maximum absolute atomic E-state index is 5.50. The Balaban J connectivity index is -0.000000127. The van der Waals surface area contributed by atoms with E-state index in [-0.39, 0.29) is 0 Å². The van der Waals surface area contributed by atoms with E-state index < -0.39 is 0 Å². The van der Waals surface area contributed by atoms with E-state index in [0.29, 0.717) is 11.3 Å². The fourth-order valence-corrected chi connectivity index (χ4v) is 3.05. The molecule has 36 heavy (non-hydrogen) atoms. The summed E-state index contributed by atoms with van der Waals surface area (Å²) in [7, 11) is 0. The second-order valence-corrected chi connectivity index (χ2v) is 12.9. The molecule has 4 atom stereocenters. The molecule has 1 heteroatoms. The quantitative estimate of drug-likeness (QED) is 0.258. The molecule has 0 heterocycles. The Labute approximate surface area is 234 Å². The van der Waals surface area contributed by atoms with Gasteiger partial charge in [-0.25, -0.2) is 0 Å². The van der Waals surface area contributed by atoms with Gasteiger partial charge in [0, 0.05) is 0 Å². The van der Waals surface area contributed by atoms with Crippen LogP contribution in [0.4, 0.5) is 0 Å². The Bertz CT molecular complexity index is 378. The van der Waals surface area contributed by atoms with Crippen LogP contribution in [-0.4, -0.2) is 6.54 Å². The molecule has 0 amide bonds. The van der Waals surface area contributed by atoms with E-state index in [1.807, 2.05) is 20.8 Å². The second-order valence-electron chi connectivity index (χ2n) is 12.9. The first-order valence-corrected chi connectivity index (χ1v) is 15.9. The zero-order valence-corrected chi connectivity index (χ0v) is 29.1. The van der Waals surface area contributed by atoms with Gasteiger partial charge in [-0.1, -0.05) is 142 Å². The summed E-state index contributed by atoms with van der Waals surface area (Å²) >= 11 is 0. The normalized spacial score (nSPS) is 14.2. The maximum Gasteiger partial charge on any atom is -0.00515 e. The largest absolute Gasteiger partial charge is 0.330 e. The molecule has 4 unspecified atom stereocenters. The molecule has 0 bridgehead atoms. The molecule has 0 aliphatic heterocycles. The molecule has 0 fully saturated rings. The molecular weight excluding hydrogens is 434 g/mol. The third-order valence-corrected chi connectivity index (χ3v) is 6.70. The standard InChI is InChI=1S/C14H30.C9H21N.C5H12.C5H10.C2H6/c1-11(2)10-13(4)12(3)8-9-14(5,6)7;1-4-8(2)5-6-9(3)7-10;1-4-5(2)3;1-3-5-4-2;1-2/h11-13H,8-10H2,1-7H3;8-9H,4-7,10H2,1-3H3;5H,4H2,1-3H3;3,5H,4H2,1-2H3;1-2H3/b;;;5-3-;. The van der Waals surface area contributed by atoms with Crippen molar-refractivity contribution in [2.75, 3.05) is 6.54 Å². The SMILES string of the molecule is C/C=C\CC.CC.CC(C)CC(C)C(C)CCC(C)(C)C.CCC(C)C.CCC(C)CCC(C)CN. The number of rotatable bonds is 12. The van der Waals surface area contributed by atoms with Crippen LogP contribution in [0.5, 0.6) is 0 Å². The van der Waals surface area contributed by atoms with Gasteiger partial charge in [0.1, 0.15) is 0 Å². The molecule has 0 spiro atoms. The van der Waals surface area contributed by atoms with Crippen molar-refractivity contribution in [3.05, 3.63) is 12.2 Å². The maximum atomic E-state index is 5.50. The molecular formula is C35H79N. The van der Waals surface area contributed by atoms with Crippen molar-refractivity contribution in [2.45, 2.75) is 169 Å². The summed E-state index contributed by atoms with van der Waals surface area (Å²) in [6.07, 6.45) is 14.7. The lowest BCUT2D eigenvalue weighted by Crippen LogP contribution is -2.14. The number of hydrogen-bond donors (Lipinski definition) is 1. The fourth-order valence-electron chi connectivity index (χ4n) is 3.05. The highest BCUT2D eigenvalue weighted by atomic mass is 14.5. The minimum absolute atomic E-state index is 0.506. The monoisotopic (exact) mass is 514 g/mol. The van der Waals surface area contributed by atoms with Crippen molar-refractivity contribution in [2.24, 2.45) is 46.7 Å². The van der Waals surface area contributed by atoms with Gasteiger partial charge < -0.3 is 5.73 Å². The predicted octanol–water partition coefficient (Wildman–Crippen LogP) is 12.6. The van der Waals surface area contributed by atoms with Gasteiger partial charge in [-0.05, 0) is 86.5 Å². The van der Waals surface area contributed by atoms with Crippen LogP contribution in [0.2, 0.25) is 0 Å². The average molecular weight is 514 g/mol. The first-order chi connectivity index (χ1) is 16.6. The Morgan fingerprint density at radius 3 is 1.36 bits per heavy atom. The van der Waals surface area contributed by atoms with Gasteiger partial charge in [0.15, 0.2) is 0 Å². The van der Waals surface area contributed by atoms with E-state index in [2.05, 4.69) is 109 Å². The topological polar surface area (TPSA) is 26.0 Å². The molecule has 0 aliphatic carbocycles. The zero-order chi connectivity index (χ0) is 29.7. The third-order valence-electron chi connectivity index (χ3n) is 6.70. The third kappa shape index (κ3) is 50.5. The van der Waals surface area contributed by atoms with Crippen molar-refractivity contribution < 1.29 is 0 Å². The van der Waals surface area contributed by atoms with E-state index in [1.165, 1.54) is 44.9 Å². The molecule has 2 N–H and O–H groups in total. The summed E-state index contributed by atoms with van der Waals surface area (Å²) in [6.45, 7) is 38.9. The van der Waals surface area contributed by atoms with Crippen molar-refractivity contribution >= 4 is 0 Å².